The van der Waals surface area contributed by atoms with E-state index in [4.69, 9.17) is 15.6 Å². The Morgan fingerprint density at radius 1 is 1.25 bits per heavy atom. The molecule has 110 valence electrons. The first-order valence-electron chi connectivity index (χ1n) is 5.69. The molecule has 0 radical (unpaired) electrons. The summed E-state index contributed by atoms with van der Waals surface area (Å²) >= 11 is 0. The molecule has 20 heavy (non-hydrogen) atoms. The van der Waals surface area contributed by atoms with Crippen molar-refractivity contribution in [1.29, 1.82) is 0 Å². The average molecular weight is 285 g/mol. The van der Waals surface area contributed by atoms with Gasteiger partial charge >= 0.3 is 0 Å². The zero-order valence-corrected chi connectivity index (χ0v) is 10.3. The average Bonchev–Trinajstić information content (AvgIpc) is 2.94. The quantitative estimate of drug-likeness (QED) is 0.458. The van der Waals surface area contributed by atoms with Crippen molar-refractivity contribution in [3.63, 3.8) is 0 Å². The normalized spacial score (nSPS) is 29.6. The zero-order valence-electron chi connectivity index (χ0n) is 10.3. The lowest BCUT2D eigenvalue weighted by molar-refractivity contribution is -0.0511. The predicted octanol–water partition coefficient (Wildman–Crippen LogP) is -2.80. The smallest absolute Gasteiger partial charge is 0.167 e. The van der Waals surface area contributed by atoms with E-state index in [1.165, 1.54) is 17.2 Å². The number of nitrogen functional groups attached to an aromatic ring is 1. The molecule has 4 atom stereocenters. The lowest BCUT2D eigenvalue weighted by atomic mass is 10.1. The first-order chi connectivity index (χ1) is 9.13. The number of hydrogen-bond donors (Lipinski definition) is 4. The van der Waals surface area contributed by atoms with Crippen molar-refractivity contribution in [2.24, 2.45) is 0 Å². The van der Waals surface area contributed by atoms with Crippen LogP contribution in [0.2, 0.25) is 0 Å². The first-order valence-corrected chi connectivity index (χ1v) is 5.69. The number of anilines is 1. The Balaban J connectivity index is 0.00000147. The molecule has 0 amide bonds. The second-order valence-electron chi connectivity index (χ2n) is 4.31. The van der Waals surface area contributed by atoms with Crippen molar-refractivity contribution < 1.29 is 25.5 Å². The first kappa shape index (κ1) is 14.6. The molecule has 7 N–H and O–H groups in total. The number of aliphatic hydroxyl groups is 3. The second-order valence-corrected chi connectivity index (χ2v) is 4.31. The minimum atomic E-state index is -1.19. The molecule has 3 heterocycles. The van der Waals surface area contributed by atoms with Crippen molar-refractivity contribution in [3.8, 4) is 0 Å². The molecule has 1 fully saturated rings. The molecule has 1 aliphatic rings. The maximum absolute atomic E-state index is 9.95. The van der Waals surface area contributed by atoms with E-state index in [1.807, 2.05) is 0 Å². The van der Waals surface area contributed by atoms with Gasteiger partial charge in [0.2, 0.25) is 0 Å². The third-order valence-electron chi connectivity index (χ3n) is 3.18. The number of ether oxygens (including phenoxy) is 1. The summed E-state index contributed by atoms with van der Waals surface area (Å²) in [4.78, 5) is 11.9. The monoisotopic (exact) mass is 285 g/mol. The maximum Gasteiger partial charge on any atom is 0.167 e. The molecule has 1 aliphatic heterocycles. The van der Waals surface area contributed by atoms with Gasteiger partial charge < -0.3 is 31.3 Å². The van der Waals surface area contributed by atoms with Gasteiger partial charge in [-0.15, -0.1) is 0 Å². The van der Waals surface area contributed by atoms with Crippen LogP contribution in [0, 0.1) is 0 Å². The van der Waals surface area contributed by atoms with Gasteiger partial charge in [0, 0.05) is 0 Å². The lowest BCUT2D eigenvalue weighted by Gasteiger charge is -2.16. The summed E-state index contributed by atoms with van der Waals surface area (Å²) < 4.78 is 6.85. The number of fused-ring (bicyclic) bond motifs is 1. The second kappa shape index (κ2) is 5.26. The Bertz CT molecular complexity index is 605. The fourth-order valence-corrected chi connectivity index (χ4v) is 2.17. The SMILES string of the molecule is Nc1ncnc2c1ncn2C1OC(CO)C(O)C1O.O. The summed E-state index contributed by atoms with van der Waals surface area (Å²) in [6.45, 7) is -0.390. The van der Waals surface area contributed by atoms with Crippen molar-refractivity contribution in [2.75, 3.05) is 12.3 Å². The fourth-order valence-electron chi connectivity index (χ4n) is 2.17. The third kappa shape index (κ3) is 1.99. The molecule has 0 bridgehead atoms. The minimum absolute atomic E-state index is 0. The van der Waals surface area contributed by atoms with Crippen molar-refractivity contribution in [2.45, 2.75) is 24.5 Å². The largest absolute Gasteiger partial charge is 0.412 e. The molecule has 0 aromatic carbocycles. The summed E-state index contributed by atoms with van der Waals surface area (Å²) in [7, 11) is 0. The van der Waals surface area contributed by atoms with Gasteiger partial charge in [-0.1, -0.05) is 0 Å². The number of aromatic nitrogens is 4. The number of nitrogens with zero attached hydrogens (tertiary/aromatic N) is 4. The highest BCUT2D eigenvalue weighted by Crippen LogP contribution is 2.31. The molecule has 4 unspecified atom stereocenters. The van der Waals surface area contributed by atoms with Crippen molar-refractivity contribution >= 4 is 17.0 Å². The van der Waals surface area contributed by atoms with E-state index in [0.717, 1.165) is 0 Å². The van der Waals surface area contributed by atoms with E-state index < -0.39 is 31.1 Å². The predicted molar refractivity (Wildman–Crippen MR) is 66.4 cm³/mol. The summed E-state index contributed by atoms with van der Waals surface area (Å²) in [5.74, 6) is 0.218. The van der Waals surface area contributed by atoms with E-state index in [2.05, 4.69) is 15.0 Å². The fraction of sp³-hybridized carbons (Fsp3) is 0.500. The van der Waals surface area contributed by atoms with E-state index in [0.29, 0.717) is 11.2 Å². The molecule has 0 saturated carbocycles. The Kier molecular flexibility index (Phi) is 3.83. The lowest BCUT2D eigenvalue weighted by Crippen LogP contribution is -2.33. The van der Waals surface area contributed by atoms with E-state index in [9.17, 15) is 10.2 Å². The standard InChI is InChI=1S/C10H13N5O4.H2O/c11-8-5-9(13-2-12-8)15(3-14-5)10-7(18)6(17)4(1-16)19-10;/h2-4,6-7,10,16-18H,1H2,(H2,11,12,13);1H2. The Morgan fingerprint density at radius 2 is 2.00 bits per heavy atom. The van der Waals surface area contributed by atoms with Crippen LogP contribution >= 0.6 is 0 Å². The van der Waals surface area contributed by atoms with E-state index in [-0.39, 0.29) is 11.3 Å². The van der Waals surface area contributed by atoms with Crippen LogP contribution in [0.15, 0.2) is 12.7 Å². The van der Waals surface area contributed by atoms with Gasteiger partial charge in [-0.25, -0.2) is 15.0 Å². The highest BCUT2D eigenvalue weighted by Gasteiger charge is 2.43. The van der Waals surface area contributed by atoms with E-state index >= 15 is 0 Å². The topological polar surface area (TPSA) is 171 Å². The minimum Gasteiger partial charge on any atom is -0.412 e. The van der Waals surface area contributed by atoms with Crippen LogP contribution in [0.1, 0.15) is 6.23 Å². The molecule has 0 aliphatic carbocycles. The van der Waals surface area contributed by atoms with Gasteiger partial charge in [0.1, 0.15) is 30.2 Å². The van der Waals surface area contributed by atoms with Gasteiger partial charge in [-0.2, -0.15) is 0 Å². The van der Waals surface area contributed by atoms with Crippen molar-refractivity contribution in [1.82, 2.24) is 19.5 Å². The molecular formula is C10H15N5O5. The van der Waals surface area contributed by atoms with Gasteiger partial charge in [0.05, 0.1) is 12.9 Å². The molecular weight excluding hydrogens is 270 g/mol. The number of aliphatic hydroxyl groups excluding tert-OH is 3. The maximum atomic E-state index is 9.95. The molecule has 10 heteroatoms. The molecule has 2 aromatic rings. The number of imidazole rings is 1. The molecule has 3 rings (SSSR count). The summed E-state index contributed by atoms with van der Waals surface area (Å²) in [5, 5.41) is 28.7. The highest BCUT2D eigenvalue weighted by molar-refractivity contribution is 5.81. The van der Waals surface area contributed by atoms with E-state index in [1.54, 1.807) is 0 Å². The molecule has 2 aromatic heterocycles. The van der Waals surface area contributed by atoms with Crippen molar-refractivity contribution in [3.05, 3.63) is 12.7 Å². The molecule has 10 nitrogen and oxygen atoms in total. The number of rotatable bonds is 2. The number of nitrogens with two attached hydrogens (primary N) is 1. The Labute approximate surface area is 112 Å². The number of hydrogen-bond acceptors (Lipinski definition) is 8. The van der Waals surface area contributed by atoms with Crippen LogP contribution < -0.4 is 5.73 Å². The highest BCUT2D eigenvalue weighted by atomic mass is 16.6. The zero-order chi connectivity index (χ0) is 13.6. The van der Waals surface area contributed by atoms with Crippen LogP contribution in [0.3, 0.4) is 0 Å². The van der Waals surface area contributed by atoms with Crippen LogP contribution in [0.5, 0.6) is 0 Å². The van der Waals surface area contributed by atoms with Crippen LogP contribution in [0.4, 0.5) is 5.82 Å². The van der Waals surface area contributed by atoms with Crippen LogP contribution in [-0.4, -0.2) is 65.2 Å². The van der Waals surface area contributed by atoms with Gasteiger partial charge in [0.15, 0.2) is 17.7 Å². The molecule has 0 spiro atoms. The summed E-state index contributed by atoms with van der Waals surface area (Å²) in [6, 6.07) is 0. The van der Waals surface area contributed by atoms with Crippen LogP contribution in [0.25, 0.3) is 11.2 Å². The van der Waals surface area contributed by atoms with Crippen LogP contribution in [-0.2, 0) is 4.74 Å². The van der Waals surface area contributed by atoms with Gasteiger partial charge in [-0.3, -0.25) is 4.57 Å². The third-order valence-corrected chi connectivity index (χ3v) is 3.18. The Hall–Kier alpha value is -1.85. The Morgan fingerprint density at radius 3 is 2.65 bits per heavy atom. The van der Waals surface area contributed by atoms with Gasteiger partial charge in [-0.05, 0) is 0 Å². The van der Waals surface area contributed by atoms with Gasteiger partial charge in [0.25, 0.3) is 0 Å². The molecule has 1 saturated heterocycles. The summed E-state index contributed by atoms with van der Waals surface area (Å²) in [6.07, 6.45) is -1.42. The summed E-state index contributed by atoms with van der Waals surface area (Å²) in [5.41, 5.74) is 6.44.